The summed E-state index contributed by atoms with van der Waals surface area (Å²) in [6.45, 7) is 3.10. The van der Waals surface area contributed by atoms with E-state index < -0.39 is 11.9 Å². The lowest BCUT2D eigenvalue weighted by molar-refractivity contribution is -0.142. The third-order valence-electron chi connectivity index (χ3n) is 3.86. The molecule has 1 fully saturated rings. The number of nitrogens with zero attached hydrogens (tertiary/aromatic N) is 2. The van der Waals surface area contributed by atoms with Gasteiger partial charge in [-0.1, -0.05) is 30.7 Å². The molecule has 0 aromatic heterocycles. The fourth-order valence-corrected chi connectivity index (χ4v) is 2.74. The van der Waals surface area contributed by atoms with Crippen molar-refractivity contribution in [1.29, 1.82) is 0 Å². The molecule has 0 bridgehead atoms. The molecule has 1 heterocycles. The van der Waals surface area contributed by atoms with Crippen LogP contribution in [0.2, 0.25) is 5.02 Å². The first-order valence-corrected chi connectivity index (χ1v) is 7.23. The summed E-state index contributed by atoms with van der Waals surface area (Å²) in [5.74, 6) is -1.33. The number of rotatable bonds is 3. The third kappa shape index (κ3) is 3.67. The molecule has 1 aromatic carbocycles. The summed E-state index contributed by atoms with van der Waals surface area (Å²) in [6.07, 6.45) is 0. The van der Waals surface area contributed by atoms with E-state index in [0.717, 1.165) is 5.56 Å². The number of hydrogen-bond acceptors (Lipinski definition) is 2. The Morgan fingerprint density at radius 2 is 1.95 bits per heavy atom. The Morgan fingerprint density at radius 1 is 1.33 bits per heavy atom. The Bertz CT molecular complexity index is 532. The molecule has 1 saturated heterocycles. The van der Waals surface area contributed by atoms with Crippen molar-refractivity contribution in [3.05, 3.63) is 34.9 Å². The second kappa shape index (κ2) is 6.35. The molecule has 1 aromatic rings. The SMILES string of the molecule is C[C@@H]1CN(C(=O)N(C)Cc2ccc(Cl)cc2)C[C@H]1C(=O)O. The average Bonchev–Trinajstić information content (AvgIpc) is 2.82. The number of amides is 2. The minimum absolute atomic E-state index is 0.0182. The topological polar surface area (TPSA) is 60.9 Å². The lowest BCUT2D eigenvalue weighted by atomic mass is 9.99. The van der Waals surface area contributed by atoms with E-state index in [9.17, 15) is 9.59 Å². The van der Waals surface area contributed by atoms with Gasteiger partial charge < -0.3 is 14.9 Å². The Hall–Kier alpha value is -1.75. The van der Waals surface area contributed by atoms with Crippen molar-refractivity contribution in [3.8, 4) is 0 Å². The van der Waals surface area contributed by atoms with Gasteiger partial charge in [-0.3, -0.25) is 4.79 Å². The summed E-state index contributed by atoms with van der Waals surface area (Å²) in [4.78, 5) is 26.7. The largest absolute Gasteiger partial charge is 0.481 e. The molecule has 0 spiro atoms. The molecule has 2 amide bonds. The first-order valence-electron chi connectivity index (χ1n) is 6.85. The van der Waals surface area contributed by atoms with E-state index in [2.05, 4.69) is 0 Å². The van der Waals surface area contributed by atoms with Crippen molar-refractivity contribution in [2.45, 2.75) is 13.5 Å². The van der Waals surface area contributed by atoms with Crippen LogP contribution in [-0.2, 0) is 11.3 Å². The molecule has 5 nitrogen and oxygen atoms in total. The number of carboxylic acids is 1. The molecule has 0 radical (unpaired) electrons. The molecular weight excluding hydrogens is 292 g/mol. The van der Waals surface area contributed by atoms with Crippen molar-refractivity contribution in [3.63, 3.8) is 0 Å². The maximum Gasteiger partial charge on any atom is 0.320 e. The third-order valence-corrected chi connectivity index (χ3v) is 4.11. The predicted molar refractivity (Wildman–Crippen MR) is 80.2 cm³/mol. The maximum absolute atomic E-state index is 12.4. The second-order valence-electron chi connectivity index (χ2n) is 5.59. The van der Waals surface area contributed by atoms with Crippen LogP contribution >= 0.6 is 11.6 Å². The van der Waals surface area contributed by atoms with Gasteiger partial charge in [0, 0.05) is 31.7 Å². The Labute approximate surface area is 129 Å². The van der Waals surface area contributed by atoms with Crippen LogP contribution in [0, 0.1) is 11.8 Å². The summed E-state index contributed by atoms with van der Waals surface area (Å²) in [6, 6.07) is 7.18. The van der Waals surface area contributed by atoms with Gasteiger partial charge in [-0.2, -0.15) is 0 Å². The highest BCUT2D eigenvalue weighted by atomic mass is 35.5. The van der Waals surface area contributed by atoms with Crippen LogP contribution in [0.4, 0.5) is 4.79 Å². The second-order valence-corrected chi connectivity index (χ2v) is 6.03. The van der Waals surface area contributed by atoms with Crippen molar-refractivity contribution >= 4 is 23.6 Å². The first kappa shape index (κ1) is 15.6. The highest BCUT2D eigenvalue weighted by molar-refractivity contribution is 6.30. The number of carboxylic acid groups (broad SMARTS) is 1. The van der Waals surface area contributed by atoms with Crippen LogP contribution in [0.15, 0.2) is 24.3 Å². The molecule has 6 heteroatoms. The molecule has 2 rings (SSSR count). The van der Waals surface area contributed by atoms with Gasteiger partial charge in [-0.05, 0) is 23.6 Å². The van der Waals surface area contributed by atoms with Crippen molar-refractivity contribution in [2.24, 2.45) is 11.8 Å². The van der Waals surface area contributed by atoms with E-state index in [1.54, 1.807) is 29.0 Å². The highest BCUT2D eigenvalue weighted by Crippen LogP contribution is 2.24. The number of hydrogen-bond donors (Lipinski definition) is 1. The molecule has 2 atom stereocenters. The fraction of sp³-hybridized carbons (Fsp3) is 0.467. The zero-order valence-corrected chi connectivity index (χ0v) is 12.9. The summed E-state index contributed by atoms with van der Waals surface area (Å²) in [5, 5.41) is 9.78. The van der Waals surface area contributed by atoms with Crippen LogP contribution in [-0.4, -0.2) is 47.0 Å². The molecule has 114 valence electrons. The maximum atomic E-state index is 12.4. The van der Waals surface area contributed by atoms with Crippen LogP contribution in [0.25, 0.3) is 0 Å². The molecule has 1 aliphatic heterocycles. The van der Waals surface area contributed by atoms with Crippen LogP contribution in [0.1, 0.15) is 12.5 Å². The molecule has 1 N–H and O–H groups in total. The van der Waals surface area contributed by atoms with Crippen LogP contribution < -0.4 is 0 Å². The van der Waals surface area contributed by atoms with Gasteiger partial charge in [0.1, 0.15) is 0 Å². The summed E-state index contributed by atoms with van der Waals surface area (Å²) < 4.78 is 0. The van der Waals surface area contributed by atoms with Crippen LogP contribution in [0.5, 0.6) is 0 Å². The van der Waals surface area contributed by atoms with Gasteiger partial charge in [0.25, 0.3) is 0 Å². The van der Waals surface area contributed by atoms with Gasteiger partial charge in [0.15, 0.2) is 0 Å². The minimum atomic E-state index is -0.835. The quantitative estimate of drug-likeness (QED) is 0.933. The minimum Gasteiger partial charge on any atom is -0.481 e. The van der Waals surface area contributed by atoms with Crippen molar-refractivity contribution in [1.82, 2.24) is 9.80 Å². The zero-order chi connectivity index (χ0) is 15.6. The fourth-order valence-electron chi connectivity index (χ4n) is 2.62. The van der Waals surface area contributed by atoms with E-state index in [4.69, 9.17) is 16.7 Å². The normalized spacial score (nSPS) is 21.4. The standard InChI is InChI=1S/C15H19ClN2O3/c1-10-7-18(9-13(10)14(19)20)15(21)17(2)8-11-3-5-12(16)6-4-11/h3-6,10,13H,7-9H2,1-2H3,(H,19,20)/t10-,13-/m1/s1. The number of likely N-dealkylation sites (tertiary alicyclic amines) is 1. The lowest BCUT2D eigenvalue weighted by Gasteiger charge is -2.24. The lowest BCUT2D eigenvalue weighted by Crippen LogP contribution is -2.40. The van der Waals surface area contributed by atoms with E-state index in [0.29, 0.717) is 18.1 Å². The molecule has 21 heavy (non-hydrogen) atoms. The zero-order valence-electron chi connectivity index (χ0n) is 12.1. The number of benzene rings is 1. The van der Waals surface area contributed by atoms with Gasteiger partial charge in [0.2, 0.25) is 0 Å². The Morgan fingerprint density at radius 3 is 2.48 bits per heavy atom. The summed E-state index contributed by atoms with van der Waals surface area (Å²) in [7, 11) is 1.72. The van der Waals surface area contributed by atoms with E-state index in [-0.39, 0.29) is 18.5 Å². The predicted octanol–water partition coefficient (Wildman–Crippen LogP) is 2.54. The average molecular weight is 311 g/mol. The highest BCUT2D eigenvalue weighted by Gasteiger charge is 2.37. The molecule has 0 saturated carbocycles. The van der Waals surface area contributed by atoms with Gasteiger partial charge in [-0.25, -0.2) is 4.79 Å². The van der Waals surface area contributed by atoms with Crippen LogP contribution in [0.3, 0.4) is 0 Å². The molecular formula is C15H19ClN2O3. The molecule has 1 aliphatic rings. The van der Waals surface area contributed by atoms with E-state index in [1.165, 1.54) is 0 Å². The Balaban J connectivity index is 1.97. The van der Waals surface area contributed by atoms with Gasteiger partial charge in [-0.15, -0.1) is 0 Å². The molecule has 0 aliphatic carbocycles. The van der Waals surface area contributed by atoms with Crippen molar-refractivity contribution < 1.29 is 14.7 Å². The summed E-state index contributed by atoms with van der Waals surface area (Å²) >= 11 is 5.83. The smallest absolute Gasteiger partial charge is 0.320 e. The number of urea groups is 1. The van der Waals surface area contributed by atoms with Crippen molar-refractivity contribution in [2.75, 3.05) is 20.1 Å². The number of carbonyl (C=O) groups is 2. The van der Waals surface area contributed by atoms with E-state index >= 15 is 0 Å². The number of aliphatic carboxylic acids is 1. The number of carbonyl (C=O) groups excluding carboxylic acids is 1. The summed E-state index contributed by atoms with van der Waals surface area (Å²) in [5.41, 5.74) is 0.984. The van der Waals surface area contributed by atoms with E-state index in [1.807, 2.05) is 19.1 Å². The Kier molecular flexibility index (Phi) is 4.73. The molecule has 0 unspecified atom stereocenters. The first-order chi connectivity index (χ1) is 9.88. The monoisotopic (exact) mass is 310 g/mol. The number of halogens is 1. The van der Waals surface area contributed by atoms with Gasteiger partial charge >= 0.3 is 12.0 Å². The van der Waals surface area contributed by atoms with Gasteiger partial charge in [0.05, 0.1) is 5.92 Å².